The summed E-state index contributed by atoms with van der Waals surface area (Å²) in [5.41, 5.74) is 2.79. The number of ether oxygens (including phenoxy) is 1. The van der Waals surface area contributed by atoms with Crippen molar-refractivity contribution in [3.63, 3.8) is 0 Å². The van der Waals surface area contributed by atoms with Crippen LogP contribution in [-0.2, 0) is 30.9 Å². The number of hydrogen-bond donors (Lipinski definition) is 0. The predicted octanol–water partition coefficient (Wildman–Crippen LogP) is 3.35. The molecule has 34 heavy (non-hydrogen) atoms. The number of aryl methyl sites for hydroxylation is 3. The molecule has 3 rings (SSSR count). The third-order valence-corrected chi connectivity index (χ3v) is 8.32. The van der Waals surface area contributed by atoms with Crippen LogP contribution in [0.15, 0.2) is 41.3 Å². The number of hydrogen-bond acceptors (Lipinski definition) is 5. The second-order valence-corrected chi connectivity index (χ2v) is 10.7. The van der Waals surface area contributed by atoms with E-state index < -0.39 is 40.2 Å². The Hall–Kier alpha value is -2.78. The van der Waals surface area contributed by atoms with Crippen molar-refractivity contribution >= 4 is 21.9 Å². The van der Waals surface area contributed by atoms with Crippen molar-refractivity contribution in [3.8, 4) is 0 Å². The van der Waals surface area contributed by atoms with Crippen molar-refractivity contribution in [1.29, 1.82) is 0 Å². The van der Waals surface area contributed by atoms with Crippen LogP contribution in [0.5, 0.6) is 0 Å². The second-order valence-electron chi connectivity index (χ2n) is 8.86. The minimum atomic E-state index is -3.67. The van der Waals surface area contributed by atoms with Gasteiger partial charge in [-0.1, -0.05) is 35.9 Å². The smallest absolute Gasteiger partial charge is 0.309 e. The molecule has 0 atom stereocenters. The van der Waals surface area contributed by atoms with E-state index in [-0.39, 0.29) is 19.6 Å². The van der Waals surface area contributed by atoms with E-state index >= 15 is 0 Å². The Morgan fingerprint density at radius 2 is 1.68 bits per heavy atom. The first-order valence-corrected chi connectivity index (χ1v) is 12.7. The molecule has 1 aliphatic heterocycles. The van der Waals surface area contributed by atoms with Crippen LogP contribution in [-0.4, -0.2) is 56.2 Å². The molecule has 2 aromatic rings. The van der Waals surface area contributed by atoms with Gasteiger partial charge in [-0.25, -0.2) is 12.8 Å². The van der Waals surface area contributed by atoms with Crippen molar-refractivity contribution in [3.05, 3.63) is 64.5 Å². The minimum absolute atomic E-state index is 0.0666. The monoisotopic (exact) mass is 490 g/mol. The van der Waals surface area contributed by atoms with Gasteiger partial charge in [0.05, 0.1) is 10.8 Å². The molecule has 1 heterocycles. The number of likely N-dealkylation sites (N-methyl/N-ethyl adjacent to an activating group) is 1. The molecule has 9 heteroatoms. The molecule has 0 N–H and O–H groups in total. The fraction of sp³-hybridized carbons (Fsp3) is 0.440. The van der Waals surface area contributed by atoms with Crippen molar-refractivity contribution in [2.45, 2.75) is 45.1 Å². The van der Waals surface area contributed by atoms with Crippen LogP contribution in [0.3, 0.4) is 0 Å². The zero-order valence-electron chi connectivity index (χ0n) is 20.0. The van der Waals surface area contributed by atoms with Crippen LogP contribution in [0.2, 0.25) is 0 Å². The van der Waals surface area contributed by atoms with Crippen LogP contribution in [0.25, 0.3) is 0 Å². The van der Waals surface area contributed by atoms with Crippen LogP contribution in [0, 0.1) is 32.5 Å². The number of piperidine rings is 1. The number of carbonyl (C=O) groups is 2. The quantitative estimate of drug-likeness (QED) is 0.556. The van der Waals surface area contributed by atoms with Crippen molar-refractivity contribution < 1.29 is 27.1 Å². The summed E-state index contributed by atoms with van der Waals surface area (Å²) in [4.78, 5) is 26.4. The highest BCUT2D eigenvalue weighted by molar-refractivity contribution is 7.89. The number of benzene rings is 2. The maximum Gasteiger partial charge on any atom is 0.309 e. The van der Waals surface area contributed by atoms with E-state index in [9.17, 15) is 22.4 Å². The van der Waals surface area contributed by atoms with E-state index in [1.807, 2.05) is 19.1 Å². The summed E-state index contributed by atoms with van der Waals surface area (Å²) in [7, 11) is -2.15. The molecule has 0 aromatic heterocycles. The average Bonchev–Trinajstić information content (AvgIpc) is 2.77. The Bertz CT molecular complexity index is 1150. The van der Waals surface area contributed by atoms with Gasteiger partial charge in [-0.3, -0.25) is 9.59 Å². The van der Waals surface area contributed by atoms with Gasteiger partial charge in [0.15, 0.2) is 6.61 Å². The second kappa shape index (κ2) is 10.7. The SMILES string of the molecule is Cc1cc(C)c(S(=O)(=O)N2CCC(C(=O)OCC(=O)N(C)Cc3ccccc3F)CC2)c(C)c1. The first-order chi connectivity index (χ1) is 16.0. The van der Waals surface area contributed by atoms with Crippen LogP contribution < -0.4 is 0 Å². The third-order valence-electron chi connectivity index (χ3n) is 6.12. The number of nitrogens with zero attached hydrogens (tertiary/aromatic N) is 2. The van der Waals surface area contributed by atoms with Gasteiger partial charge in [-0.05, 0) is 50.8 Å². The fourth-order valence-corrected chi connectivity index (χ4v) is 6.25. The maximum absolute atomic E-state index is 13.8. The Labute approximate surface area is 200 Å². The number of halogens is 1. The Kier molecular flexibility index (Phi) is 8.09. The van der Waals surface area contributed by atoms with E-state index in [1.165, 1.54) is 22.3 Å². The van der Waals surface area contributed by atoms with Crippen molar-refractivity contribution in [1.82, 2.24) is 9.21 Å². The molecule has 2 aromatic carbocycles. The summed E-state index contributed by atoms with van der Waals surface area (Å²) in [6.07, 6.45) is 0.641. The summed E-state index contributed by atoms with van der Waals surface area (Å²) in [6.45, 7) is 5.54. The molecule has 7 nitrogen and oxygen atoms in total. The molecule has 1 saturated heterocycles. The van der Waals surface area contributed by atoms with Crippen LogP contribution >= 0.6 is 0 Å². The fourth-order valence-electron chi connectivity index (χ4n) is 4.37. The first-order valence-electron chi connectivity index (χ1n) is 11.2. The summed E-state index contributed by atoms with van der Waals surface area (Å²) in [5, 5.41) is 0. The van der Waals surface area contributed by atoms with E-state index in [2.05, 4.69) is 0 Å². The molecule has 0 aliphatic carbocycles. The number of carbonyl (C=O) groups excluding carboxylic acids is 2. The van der Waals surface area contributed by atoms with Gasteiger partial charge >= 0.3 is 5.97 Å². The molecular weight excluding hydrogens is 459 g/mol. The summed E-state index contributed by atoms with van der Waals surface area (Å²) in [5.74, 6) is -1.84. The first kappa shape index (κ1) is 25.8. The normalized spacial score (nSPS) is 15.2. The number of esters is 1. The molecule has 0 spiro atoms. The Balaban J connectivity index is 1.53. The topological polar surface area (TPSA) is 84.0 Å². The third kappa shape index (κ3) is 5.82. The molecular formula is C25H31FN2O5S. The van der Waals surface area contributed by atoms with E-state index in [0.717, 1.165) is 5.56 Å². The lowest BCUT2D eigenvalue weighted by atomic mass is 9.98. The number of rotatable bonds is 7. The maximum atomic E-state index is 13.8. The largest absolute Gasteiger partial charge is 0.455 e. The summed E-state index contributed by atoms with van der Waals surface area (Å²) < 4.78 is 46.8. The van der Waals surface area contributed by atoms with Gasteiger partial charge < -0.3 is 9.64 Å². The highest BCUT2D eigenvalue weighted by atomic mass is 32.2. The minimum Gasteiger partial charge on any atom is -0.455 e. The zero-order chi connectivity index (χ0) is 25.0. The highest BCUT2D eigenvalue weighted by Gasteiger charge is 2.34. The molecule has 0 saturated carbocycles. The Morgan fingerprint density at radius 1 is 1.09 bits per heavy atom. The highest BCUT2D eigenvalue weighted by Crippen LogP contribution is 2.29. The molecule has 0 radical (unpaired) electrons. The molecule has 0 bridgehead atoms. The zero-order valence-corrected chi connectivity index (χ0v) is 20.8. The van der Waals surface area contributed by atoms with E-state index in [1.54, 1.807) is 32.0 Å². The molecule has 1 aliphatic rings. The standard InChI is InChI=1S/C25H31FN2O5S/c1-17-13-18(2)24(19(3)14-17)34(31,32)28-11-9-20(10-12-28)25(30)33-16-23(29)27(4)15-21-7-5-6-8-22(21)26/h5-8,13-14,20H,9-12,15-16H2,1-4H3. The van der Waals surface area contributed by atoms with E-state index in [0.29, 0.717) is 34.4 Å². The molecule has 184 valence electrons. The summed E-state index contributed by atoms with van der Waals surface area (Å²) in [6, 6.07) is 9.87. The van der Waals surface area contributed by atoms with Crippen molar-refractivity contribution in [2.24, 2.45) is 5.92 Å². The summed E-state index contributed by atoms with van der Waals surface area (Å²) >= 11 is 0. The molecule has 1 fully saturated rings. The van der Waals surface area contributed by atoms with Gasteiger partial charge in [0.1, 0.15) is 5.82 Å². The number of amides is 1. The van der Waals surface area contributed by atoms with Crippen molar-refractivity contribution in [2.75, 3.05) is 26.7 Å². The average molecular weight is 491 g/mol. The van der Waals surface area contributed by atoms with E-state index in [4.69, 9.17) is 4.74 Å². The lowest BCUT2D eigenvalue weighted by Gasteiger charge is -2.31. The van der Waals surface area contributed by atoms with Gasteiger partial charge in [0, 0.05) is 32.2 Å². The van der Waals surface area contributed by atoms with Crippen LogP contribution in [0.4, 0.5) is 4.39 Å². The van der Waals surface area contributed by atoms with Gasteiger partial charge in [0.25, 0.3) is 5.91 Å². The Morgan fingerprint density at radius 3 is 2.26 bits per heavy atom. The predicted molar refractivity (Wildman–Crippen MR) is 126 cm³/mol. The van der Waals surface area contributed by atoms with Gasteiger partial charge in [0.2, 0.25) is 10.0 Å². The lowest BCUT2D eigenvalue weighted by molar-refractivity contribution is -0.156. The van der Waals surface area contributed by atoms with Gasteiger partial charge in [-0.15, -0.1) is 0 Å². The van der Waals surface area contributed by atoms with Crippen LogP contribution in [0.1, 0.15) is 35.1 Å². The molecule has 0 unspecified atom stereocenters. The molecule has 1 amide bonds. The lowest BCUT2D eigenvalue weighted by Crippen LogP contribution is -2.41. The van der Waals surface area contributed by atoms with Gasteiger partial charge in [-0.2, -0.15) is 4.31 Å². The number of sulfonamides is 1.